The molecule has 0 aliphatic carbocycles. The van der Waals surface area contributed by atoms with Gasteiger partial charge in [0.05, 0.1) is 6.04 Å². The van der Waals surface area contributed by atoms with Gasteiger partial charge in [-0.25, -0.2) is 9.59 Å². The third-order valence-corrected chi connectivity index (χ3v) is 4.37. The van der Waals surface area contributed by atoms with E-state index in [9.17, 15) is 19.5 Å². The van der Waals surface area contributed by atoms with E-state index in [1.54, 1.807) is 41.5 Å². The Morgan fingerprint density at radius 2 is 1.45 bits per heavy atom. The van der Waals surface area contributed by atoms with E-state index in [0.29, 0.717) is 6.42 Å². The Labute approximate surface area is 197 Å². The van der Waals surface area contributed by atoms with Crippen LogP contribution in [0.1, 0.15) is 67.4 Å². The summed E-state index contributed by atoms with van der Waals surface area (Å²) in [4.78, 5) is 38.0. The van der Waals surface area contributed by atoms with Gasteiger partial charge in [0.2, 0.25) is 0 Å². The summed E-state index contributed by atoms with van der Waals surface area (Å²) in [5.41, 5.74) is -0.645. The third-order valence-electron chi connectivity index (χ3n) is 4.37. The van der Waals surface area contributed by atoms with Gasteiger partial charge in [-0.3, -0.25) is 4.79 Å². The van der Waals surface area contributed by atoms with Crippen molar-refractivity contribution in [2.24, 2.45) is 5.92 Å². The molecule has 186 valence electrons. The van der Waals surface area contributed by atoms with Gasteiger partial charge in [0, 0.05) is 0 Å². The highest BCUT2D eigenvalue weighted by molar-refractivity contribution is 5.87. The van der Waals surface area contributed by atoms with Gasteiger partial charge in [-0.05, 0) is 65.9 Å². The van der Waals surface area contributed by atoms with Gasteiger partial charge >= 0.3 is 12.1 Å². The lowest BCUT2D eigenvalue weighted by Crippen LogP contribution is -2.55. The molecule has 0 aliphatic rings. The van der Waals surface area contributed by atoms with Gasteiger partial charge < -0.3 is 25.2 Å². The monoisotopic (exact) mass is 464 g/mol. The first-order valence-electron chi connectivity index (χ1n) is 11.3. The molecule has 0 saturated heterocycles. The van der Waals surface area contributed by atoms with E-state index < -0.39 is 47.4 Å². The molecule has 2 amide bonds. The quantitative estimate of drug-likeness (QED) is 0.483. The number of benzene rings is 1. The molecule has 1 aromatic rings. The van der Waals surface area contributed by atoms with E-state index in [-0.39, 0.29) is 12.3 Å². The van der Waals surface area contributed by atoms with Crippen LogP contribution in [0.25, 0.3) is 0 Å². The van der Waals surface area contributed by atoms with Crippen LogP contribution in [0.3, 0.4) is 0 Å². The van der Waals surface area contributed by atoms with Crippen molar-refractivity contribution >= 4 is 18.0 Å². The van der Waals surface area contributed by atoms with Gasteiger partial charge in [0.25, 0.3) is 5.91 Å². The molecule has 3 atom stereocenters. The largest absolute Gasteiger partial charge is 0.458 e. The molecule has 0 saturated carbocycles. The molecule has 8 heteroatoms. The maximum Gasteiger partial charge on any atom is 0.407 e. The maximum atomic E-state index is 12.9. The number of esters is 1. The summed E-state index contributed by atoms with van der Waals surface area (Å²) in [6.45, 7) is 14.2. The molecular weight excluding hydrogens is 424 g/mol. The van der Waals surface area contributed by atoms with E-state index >= 15 is 0 Å². The van der Waals surface area contributed by atoms with Crippen LogP contribution >= 0.6 is 0 Å². The topological polar surface area (TPSA) is 114 Å². The molecule has 0 bridgehead atoms. The average molecular weight is 465 g/mol. The second-order valence-corrected chi connectivity index (χ2v) is 10.6. The van der Waals surface area contributed by atoms with Crippen molar-refractivity contribution in [1.29, 1.82) is 0 Å². The van der Waals surface area contributed by atoms with Gasteiger partial charge in [-0.2, -0.15) is 0 Å². The summed E-state index contributed by atoms with van der Waals surface area (Å²) < 4.78 is 10.7. The van der Waals surface area contributed by atoms with E-state index in [1.807, 2.05) is 44.2 Å². The van der Waals surface area contributed by atoms with Crippen molar-refractivity contribution in [1.82, 2.24) is 10.6 Å². The van der Waals surface area contributed by atoms with Crippen molar-refractivity contribution in [3.8, 4) is 0 Å². The van der Waals surface area contributed by atoms with Gasteiger partial charge in [-0.15, -0.1) is 0 Å². The molecule has 0 fully saturated rings. The Morgan fingerprint density at radius 1 is 0.909 bits per heavy atom. The first kappa shape index (κ1) is 28.4. The number of aliphatic hydroxyl groups excluding tert-OH is 1. The molecule has 0 heterocycles. The third kappa shape index (κ3) is 11.7. The number of carbonyl (C=O) groups is 3. The van der Waals surface area contributed by atoms with Gasteiger partial charge in [0.15, 0.2) is 6.10 Å². The van der Waals surface area contributed by atoms with Gasteiger partial charge in [-0.1, -0.05) is 44.2 Å². The Balaban J connectivity index is 3.03. The lowest BCUT2D eigenvalue weighted by Gasteiger charge is -2.29. The molecule has 8 nitrogen and oxygen atoms in total. The summed E-state index contributed by atoms with van der Waals surface area (Å²) in [6.07, 6.45) is -1.83. The standard InChI is InChI=1S/C25H40N2O6/c1-16(2)14-19(22(30)32-24(3,4)5)26-21(29)20(28)18(15-17-12-10-9-11-13-17)27-23(31)33-25(6,7)8/h9-13,16,18-20,28H,14-15H2,1-8H3,(H,26,29)(H,27,31)/t18-,19+,20+/m1/s1. The van der Waals surface area contributed by atoms with Crippen LogP contribution in [0.2, 0.25) is 0 Å². The second kappa shape index (κ2) is 12.0. The molecule has 33 heavy (non-hydrogen) atoms. The van der Waals surface area contributed by atoms with Crippen LogP contribution in [0, 0.1) is 5.92 Å². The van der Waals surface area contributed by atoms with Crippen molar-refractivity contribution in [2.45, 2.75) is 97.6 Å². The normalized spacial score (nSPS) is 14.7. The SMILES string of the molecule is CC(C)C[C@H](NC(=O)[C@@H](O)[C@@H](Cc1ccccc1)NC(=O)OC(C)(C)C)C(=O)OC(C)(C)C. The molecule has 0 aliphatic heterocycles. The van der Waals surface area contributed by atoms with Crippen LogP contribution in [-0.4, -0.2) is 52.5 Å². The molecule has 0 aromatic heterocycles. The predicted octanol–water partition coefficient (Wildman–Crippen LogP) is 3.36. The lowest BCUT2D eigenvalue weighted by molar-refractivity contribution is -0.159. The van der Waals surface area contributed by atoms with Crippen LogP contribution in [0.5, 0.6) is 0 Å². The number of hydrogen-bond donors (Lipinski definition) is 3. The van der Waals surface area contributed by atoms with Crippen molar-refractivity contribution in [3.05, 3.63) is 35.9 Å². The number of carbonyl (C=O) groups excluding carboxylic acids is 3. The van der Waals surface area contributed by atoms with E-state index in [0.717, 1.165) is 5.56 Å². The fraction of sp³-hybridized carbons (Fsp3) is 0.640. The molecule has 1 rings (SSSR count). The zero-order valence-electron chi connectivity index (χ0n) is 21.1. The minimum absolute atomic E-state index is 0.0972. The second-order valence-electron chi connectivity index (χ2n) is 10.6. The smallest absolute Gasteiger partial charge is 0.407 e. The van der Waals surface area contributed by atoms with Crippen molar-refractivity contribution < 1.29 is 29.0 Å². The minimum atomic E-state index is -1.62. The predicted molar refractivity (Wildman–Crippen MR) is 127 cm³/mol. The summed E-state index contributed by atoms with van der Waals surface area (Å²) >= 11 is 0. The number of alkyl carbamates (subject to hydrolysis) is 1. The Morgan fingerprint density at radius 3 is 1.94 bits per heavy atom. The first-order chi connectivity index (χ1) is 15.1. The van der Waals surface area contributed by atoms with Crippen molar-refractivity contribution in [2.75, 3.05) is 0 Å². The molecule has 0 radical (unpaired) electrons. The zero-order chi connectivity index (χ0) is 25.4. The number of hydrogen-bond acceptors (Lipinski definition) is 6. The van der Waals surface area contributed by atoms with Crippen LogP contribution in [0.15, 0.2) is 30.3 Å². The number of rotatable bonds is 9. The van der Waals surface area contributed by atoms with Gasteiger partial charge in [0.1, 0.15) is 17.2 Å². The molecule has 3 N–H and O–H groups in total. The zero-order valence-corrected chi connectivity index (χ0v) is 21.1. The Hall–Kier alpha value is -2.61. The lowest BCUT2D eigenvalue weighted by atomic mass is 9.99. The van der Waals surface area contributed by atoms with E-state index in [1.165, 1.54) is 0 Å². The molecular formula is C25H40N2O6. The Bertz CT molecular complexity index is 780. The molecule has 0 spiro atoms. The summed E-state index contributed by atoms with van der Waals surface area (Å²) in [7, 11) is 0. The number of ether oxygens (including phenoxy) is 2. The number of aliphatic hydroxyl groups is 1. The first-order valence-corrected chi connectivity index (χ1v) is 11.3. The van der Waals surface area contributed by atoms with Crippen molar-refractivity contribution in [3.63, 3.8) is 0 Å². The number of amides is 2. The maximum absolute atomic E-state index is 12.9. The highest BCUT2D eigenvalue weighted by atomic mass is 16.6. The van der Waals surface area contributed by atoms with Crippen LogP contribution < -0.4 is 10.6 Å². The average Bonchev–Trinajstić information content (AvgIpc) is 2.63. The van der Waals surface area contributed by atoms with E-state index in [2.05, 4.69) is 10.6 Å². The highest BCUT2D eigenvalue weighted by Gasteiger charge is 2.34. The molecule has 0 unspecified atom stereocenters. The summed E-state index contributed by atoms with van der Waals surface area (Å²) in [6, 6.07) is 7.26. The van der Waals surface area contributed by atoms with E-state index in [4.69, 9.17) is 9.47 Å². The summed E-state index contributed by atoms with van der Waals surface area (Å²) in [5, 5.41) is 16.0. The highest BCUT2D eigenvalue weighted by Crippen LogP contribution is 2.15. The molecule has 1 aromatic carbocycles. The van der Waals surface area contributed by atoms with Crippen LogP contribution in [0.4, 0.5) is 4.79 Å². The minimum Gasteiger partial charge on any atom is -0.458 e. The fourth-order valence-electron chi connectivity index (χ4n) is 3.07. The Kier molecular flexibility index (Phi) is 10.4. The van der Waals surface area contributed by atoms with Crippen LogP contribution in [-0.2, 0) is 25.5 Å². The number of nitrogens with one attached hydrogen (secondary N) is 2. The fourth-order valence-corrected chi connectivity index (χ4v) is 3.07. The summed E-state index contributed by atoms with van der Waals surface area (Å²) in [5.74, 6) is -1.25.